The lowest BCUT2D eigenvalue weighted by atomic mass is 9.93. The van der Waals surface area contributed by atoms with E-state index < -0.39 is 0 Å². The second-order valence-corrected chi connectivity index (χ2v) is 6.80. The van der Waals surface area contributed by atoms with Gasteiger partial charge in [-0.25, -0.2) is 0 Å². The highest BCUT2D eigenvalue weighted by molar-refractivity contribution is 5.85. The molecule has 1 saturated carbocycles. The van der Waals surface area contributed by atoms with Gasteiger partial charge in [0.1, 0.15) is 0 Å². The predicted octanol–water partition coefficient (Wildman–Crippen LogP) is 1.55. The SMILES string of the molecule is CC(C)C(=O)NC1CCN(C(=O)[C@@H]2CCC[C@@H]2CN)CC1.Cl. The highest BCUT2D eigenvalue weighted by Gasteiger charge is 2.36. The molecule has 0 radical (unpaired) electrons. The molecule has 2 fully saturated rings. The maximum absolute atomic E-state index is 12.6. The minimum Gasteiger partial charge on any atom is -0.353 e. The molecule has 1 aliphatic heterocycles. The maximum atomic E-state index is 12.6. The quantitative estimate of drug-likeness (QED) is 0.820. The van der Waals surface area contributed by atoms with Crippen LogP contribution in [0, 0.1) is 17.8 Å². The van der Waals surface area contributed by atoms with Crippen molar-refractivity contribution in [3.63, 3.8) is 0 Å². The Labute approximate surface area is 139 Å². The fourth-order valence-electron chi connectivity index (χ4n) is 3.49. The van der Waals surface area contributed by atoms with Crippen LogP contribution in [0.5, 0.6) is 0 Å². The smallest absolute Gasteiger partial charge is 0.226 e. The van der Waals surface area contributed by atoms with Crippen LogP contribution in [-0.2, 0) is 9.59 Å². The van der Waals surface area contributed by atoms with Crippen molar-refractivity contribution < 1.29 is 9.59 Å². The highest BCUT2D eigenvalue weighted by Crippen LogP contribution is 2.33. The van der Waals surface area contributed by atoms with Crippen molar-refractivity contribution in [1.29, 1.82) is 0 Å². The van der Waals surface area contributed by atoms with Crippen molar-refractivity contribution in [2.24, 2.45) is 23.5 Å². The second-order valence-electron chi connectivity index (χ2n) is 6.80. The first-order chi connectivity index (χ1) is 10.0. The van der Waals surface area contributed by atoms with Crippen molar-refractivity contribution in [1.82, 2.24) is 10.2 Å². The first-order valence-corrected chi connectivity index (χ1v) is 8.32. The summed E-state index contributed by atoms with van der Waals surface area (Å²) in [5.41, 5.74) is 5.78. The van der Waals surface area contributed by atoms with Gasteiger partial charge in [0, 0.05) is 31.0 Å². The minimum absolute atomic E-state index is 0. The summed E-state index contributed by atoms with van der Waals surface area (Å²) in [6, 6.07) is 0.220. The molecule has 0 aromatic heterocycles. The number of piperidine rings is 1. The summed E-state index contributed by atoms with van der Waals surface area (Å²) in [6.45, 7) is 5.95. The summed E-state index contributed by atoms with van der Waals surface area (Å²) < 4.78 is 0. The average molecular weight is 332 g/mol. The van der Waals surface area contributed by atoms with Crippen LogP contribution in [0.1, 0.15) is 46.0 Å². The summed E-state index contributed by atoms with van der Waals surface area (Å²) in [5.74, 6) is 0.927. The monoisotopic (exact) mass is 331 g/mol. The molecule has 1 heterocycles. The molecule has 2 amide bonds. The molecular weight excluding hydrogens is 302 g/mol. The van der Waals surface area contributed by atoms with E-state index in [9.17, 15) is 9.59 Å². The Morgan fingerprint density at radius 3 is 2.36 bits per heavy atom. The Kier molecular flexibility index (Phi) is 7.63. The van der Waals surface area contributed by atoms with Gasteiger partial charge in [0.05, 0.1) is 0 Å². The van der Waals surface area contributed by atoms with Gasteiger partial charge >= 0.3 is 0 Å². The van der Waals surface area contributed by atoms with Crippen molar-refractivity contribution in [2.45, 2.75) is 52.0 Å². The van der Waals surface area contributed by atoms with Crippen LogP contribution in [0.2, 0.25) is 0 Å². The summed E-state index contributed by atoms with van der Waals surface area (Å²) in [5, 5.41) is 3.07. The molecule has 1 aliphatic carbocycles. The molecule has 0 aromatic carbocycles. The molecule has 0 bridgehead atoms. The van der Waals surface area contributed by atoms with Crippen LogP contribution in [0.15, 0.2) is 0 Å². The summed E-state index contributed by atoms with van der Waals surface area (Å²) in [7, 11) is 0. The summed E-state index contributed by atoms with van der Waals surface area (Å²) in [4.78, 5) is 26.3. The zero-order chi connectivity index (χ0) is 15.4. The third kappa shape index (κ3) is 4.59. The number of hydrogen-bond acceptors (Lipinski definition) is 3. The maximum Gasteiger partial charge on any atom is 0.226 e. The number of carbonyl (C=O) groups is 2. The fraction of sp³-hybridized carbons (Fsp3) is 0.875. The molecule has 0 unspecified atom stereocenters. The normalized spacial score (nSPS) is 25.9. The average Bonchev–Trinajstić information content (AvgIpc) is 2.95. The molecule has 5 nitrogen and oxygen atoms in total. The molecule has 1 saturated heterocycles. The van der Waals surface area contributed by atoms with Gasteiger partial charge in [0.25, 0.3) is 0 Å². The van der Waals surface area contributed by atoms with Gasteiger partial charge in [0.15, 0.2) is 0 Å². The number of halogens is 1. The van der Waals surface area contributed by atoms with E-state index in [1.807, 2.05) is 18.7 Å². The second kappa shape index (κ2) is 8.73. The molecule has 22 heavy (non-hydrogen) atoms. The Bertz CT molecular complexity index is 382. The van der Waals surface area contributed by atoms with Crippen LogP contribution in [0.4, 0.5) is 0 Å². The first kappa shape index (κ1) is 19.2. The van der Waals surface area contributed by atoms with Crippen LogP contribution >= 0.6 is 12.4 Å². The number of likely N-dealkylation sites (tertiary alicyclic amines) is 1. The zero-order valence-corrected chi connectivity index (χ0v) is 14.5. The number of nitrogens with two attached hydrogens (primary N) is 1. The van der Waals surface area contributed by atoms with Crippen molar-refractivity contribution in [2.75, 3.05) is 19.6 Å². The van der Waals surface area contributed by atoms with Gasteiger partial charge in [-0.05, 0) is 38.1 Å². The zero-order valence-electron chi connectivity index (χ0n) is 13.7. The van der Waals surface area contributed by atoms with Crippen LogP contribution in [0.3, 0.4) is 0 Å². The molecule has 3 N–H and O–H groups in total. The van der Waals surface area contributed by atoms with Gasteiger partial charge < -0.3 is 16.0 Å². The Balaban J connectivity index is 0.00000242. The molecule has 2 atom stereocenters. The van der Waals surface area contributed by atoms with E-state index in [-0.39, 0.29) is 42.1 Å². The lowest BCUT2D eigenvalue weighted by Gasteiger charge is -2.35. The lowest BCUT2D eigenvalue weighted by molar-refractivity contribution is -0.137. The van der Waals surface area contributed by atoms with Crippen LogP contribution in [-0.4, -0.2) is 42.4 Å². The number of rotatable bonds is 4. The number of amides is 2. The molecule has 0 aromatic rings. The van der Waals surface area contributed by atoms with E-state index in [1.54, 1.807) is 0 Å². The van der Waals surface area contributed by atoms with Crippen LogP contribution in [0.25, 0.3) is 0 Å². The number of hydrogen-bond donors (Lipinski definition) is 2. The number of nitrogens with zero attached hydrogens (tertiary/aromatic N) is 1. The van der Waals surface area contributed by atoms with Gasteiger partial charge in [-0.15, -0.1) is 12.4 Å². The van der Waals surface area contributed by atoms with Crippen molar-refractivity contribution in [3.05, 3.63) is 0 Å². The standard InChI is InChI=1S/C16H29N3O2.ClH/c1-11(2)15(20)18-13-6-8-19(9-7-13)16(21)14-5-3-4-12(14)10-17;/h11-14H,3-10,17H2,1-2H3,(H,18,20);1H/t12-,14-;/m1./s1. The van der Waals surface area contributed by atoms with E-state index in [1.165, 1.54) is 0 Å². The first-order valence-electron chi connectivity index (χ1n) is 8.32. The lowest BCUT2D eigenvalue weighted by Crippen LogP contribution is -2.49. The minimum atomic E-state index is 0. The molecule has 6 heteroatoms. The van der Waals surface area contributed by atoms with Crippen molar-refractivity contribution in [3.8, 4) is 0 Å². The Morgan fingerprint density at radius 1 is 1.18 bits per heavy atom. The summed E-state index contributed by atoms with van der Waals surface area (Å²) >= 11 is 0. The van der Waals surface area contributed by atoms with E-state index >= 15 is 0 Å². The molecular formula is C16H30ClN3O2. The van der Waals surface area contributed by atoms with Crippen LogP contribution < -0.4 is 11.1 Å². The largest absolute Gasteiger partial charge is 0.353 e. The molecule has 2 rings (SSSR count). The Hall–Kier alpha value is -0.810. The third-order valence-electron chi connectivity index (χ3n) is 4.96. The molecule has 2 aliphatic rings. The van der Waals surface area contributed by atoms with E-state index in [0.717, 1.165) is 45.2 Å². The number of nitrogens with one attached hydrogen (secondary N) is 1. The van der Waals surface area contributed by atoms with Gasteiger partial charge in [-0.1, -0.05) is 20.3 Å². The molecule has 0 spiro atoms. The predicted molar refractivity (Wildman–Crippen MR) is 89.7 cm³/mol. The molecule has 128 valence electrons. The highest BCUT2D eigenvalue weighted by atomic mass is 35.5. The van der Waals surface area contributed by atoms with E-state index in [0.29, 0.717) is 12.5 Å². The Morgan fingerprint density at radius 2 is 1.82 bits per heavy atom. The van der Waals surface area contributed by atoms with Gasteiger partial charge in [-0.3, -0.25) is 9.59 Å². The van der Waals surface area contributed by atoms with Gasteiger partial charge in [-0.2, -0.15) is 0 Å². The number of carbonyl (C=O) groups excluding carboxylic acids is 2. The fourth-order valence-corrected chi connectivity index (χ4v) is 3.49. The topological polar surface area (TPSA) is 75.4 Å². The summed E-state index contributed by atoms with van der Waals surface area (Å²) in [6.07, 6.45) is 4.94. The van der Waals surface area contributed by atoms with Crippen molar-refractivity contribution >= 4 is 24.2 Å². The van der Waals surface area contributed by atoms with E-state index in [4.69, 9.17) is 5.73 Å². The third-order valence-corrected chi connectivity index (χ3v) is 4.96. The van der Waals surface area contributed by atoms with Gasteiger partial charge in [0.2, 0.25) is 11.8 Å². The van der Waals surface area contributed by atoms with E-state index in [2.05, 4.69) is 5.32 Å².